The molecule has 0 aliphatic carbocycles. The molecule has 0 amide bonds. The molecule has 0 aliphatic rings. The normalized spacial score (nSPS) is 12.9. The lowest BCUT2D eigenvalue weighted by atomic mass is 10.1. The number of halogens is 2. The van der Waals surface area contributed by atoms with Gasteiger partial charge in [0.1, 0.15) is 6.29 Å². The van der Waals surface area contributed by atoms with Crippen LogP contribution in [0.4, 0.5) is 0 Å². The molecule has 4 heteroatoms. The molecular formula is C10H11Cl2NO. The summed E-state index contributed by atoms with van der Waals surface area (Å²) >= 11 is 11.7. The molecule has 0 spiro atoms. The Hall–Kier alpha value is -0.570. The maximum atomic E-state index is 10.9. The van der Waals surface area contributed by atoms with Crippen LogP contribution in [0.2, 0.25) is 10.0 Å². The molecule has 14 heavy (non-hydrogen) atoms. The highest BCUT2D eigenvalue weighted by atomic mass is 35.5. The van der Waals surface area contributed by atoms with E-state index in [4.69, 9.17) is 23.2 Å². The van der Waals surface area contributed by atoms with Gasteiger partial charge in [-0.15, -0.1) is 0 Å². The first-order chi connectivity index (χ1) is 6.56. The van der Waals surface area contributed by atoms with E-state index in [2.05, 4.69) is 0 Å². The van der Waals surface area contributed by atoms with E-state index in [0.717, 1.165) is 11.8 Å². The Morgan fingerprint density at radius 2 is 2.00 bits per heavy atom. The number of likely N-dealkylation sites (N-methyl/N-ethyl adjacent to an activating group) is 1. The third-order valence-corrected chi connectivity index (χ3v) is 2.53. The highest BCUT2D eigenvalue weighted by molar-refractivity contribution is 6.35. The van der Waals surface area contributed by atoms with Gasteiger partial charge in [0.15, 0.2) is 0 Å². The Kier molecular flexibility index (Phi) is 3.93. The van der Waals surface area contributed by atoms with Gasteiger partial charge in [-0.3, -0.25) is 4.90 Å². The standard InChI is InChI=1S/C10H11Cl2NO/c1-13(2)10(6-14)8-4-3-7(11)5-9(8)12/h3-6,10H,1-2H3. The van der Waals surface area contributed by atoms with Crippen molar-refractivity contribution in [2.45, 2.75) is 6.04 Å². The van der Waals surface area contributed by atoms with E-state index in [9.17, 15) is 4.79 Å². The van der Waals surface area contributed by atoms with Crippen molar-refractivity contribution in [3.63, 3.8) is 0 Å². The minimum absolute atomic E-state index is 0.320. The summed E-state index contributed by atoms with van der Waals surface area (Å²) in [4.78, 5) is 12.6. The SMILES string of the molecule is CN(C)C(C=O)c1ccc(Cl)cc1Cl. The van der Waals surface area contributed by atoms with Crippen molar-refractivity contribution >= 4 is 29.5 Å². The molecule has 0 radical (unpaired) electrons. The van der Waals surface area contributed by atoms with Crippen LogP contribution in [0.15, 0.2) is 18.2 Å². The van der Waals surface area contributed by atoms with Gasteiger partial charge < -0.3 is 4.79 Å². The molecule has 0 N–H and O–H groups in total. The molecule has 76 valence electrons. The third kappa shape index (κ3) is 2.47. The van der Waals surface area contributed by atoms with Gasteiger partial charge >= 0.3 is 0 Å². The first-order valence-electron chi connectivity index (χ1n) is 4.13. The summed E-state index contributed by atoms with van der Waals surface area (Å²) in [6.07, 6.45) is 0.856. The smallest absolute Gasteiger partial charge is 0.141 e. The van der Waals surface area contributed by atoms with Crippen LogP contribution in [0.3, 0.4) is 0 Å². The maximum Gasteiger partial charge on any atom is 0.141 e. The van der Waals surface area contributed by atoms with E-state index < -0.39 is 0 Å². The van der Waals surface area contributed by atoms with Crippen LogP contribution in [0.5, 0.6) is 0 Å². The summed E-state index contributed by atoms with van der Waals surface area (Å²) in [5.41, 5.74) is 0.774. The third-order valence-electron chi connectivity index (χ3n) is 1.97. The molecule has 0 fully saturated rings. The zero-order valence-electron chi connectivity index (χ0n) is 8.00. The van der Waals surface area contributed by atoms with Crippen molar-refractivity contribution in [3.8, 4) is 0 Å². The molecule has 1 unspecified atom stereocenters. The second kappa shape index (κ2) is 4.78. The number of carbonyl (C=O) groups is 1. The second-order valence-electron chi connectivity index (χ2n) is 3.21. The molecule has 1 aromatic carbocycles. The highest BCUT2D eigenvalue weighted by Gasteiger charge is 2.15. The first kappa shape index (κ1) is 11.5. The number of aldehydes is 1. The molecule has 0 saturated heterocycles. The lowest BCUT2D eigenvalue weighted by molar-refractivity contribution is -0.111. The molecule has 0 heterocycles. The zero-order valence-corrected chi connectivity index (χ0v) is 9.51. The van der Waals surface area contributed by atoms with Crippen molar-refractivity contribution in [1.29, 1.82) is 0 Å². The highest BCUT2D eigenvalue weighted by Crippen LogP contribution is 2.27. The Labute approximate surface area is 93.4 Å². The van der Waals surface area contributed by atoms with Gasteiger partial charge in [0.25, 0.3) is 0 Å². The molecule has 0 aromatic heterocycles. The number of rotatable bonds is 3. The van der Waals surface area contributed by atoms with Crippen LogP contribution in [0.25, 0.3) is 0 Å². The van der Waals surface area contributed by atoms with Crippen molar-refractivity contribution < 1.29 is 4.79 Å². The fourth-order valence-corrected chi connectivity index (χ4v) is 1.73. The molecule has 0 saturated carbocycles. The first-order valence-corrected chi connectivity index (χ1v) is 4.88. The summed E-state index contributed by atoms with van der Waals surface area (Å²) in [6, 6.07) is 4.81. The Bertz CT molecular complexity index is 339. The zero-order chi connectivity index (χ0) is 10.7. The average molecular weight is 232 g/mol. The van der Waals surface area contributed by atoms with E-state index >= 15 is 0 Å². The Morgan fingerprint density at radius 3 is 2.43 bits per heavy atom. The lowest BCUT2D eigenvalue weighted by Crippen LogP contribution is -2.21. The fourth-order valence-electron chi connectivity index (χ4n) is 1.21. The Balaban J connectivity index is 3.10. The van der Waals surface area contributed by atoms with Crippen molar-refractivity contribution in [2.75, 3.05) is 14.1 Å². The van der Waals surface area contributed by atoms with Gasteiger partial charge in [-0.05, 0) is 31.8 Å². The molecule has 0 aliphatic heterocycles. The molecule has 0 bridgehead atoms. The number of carbonyl (C=O) groups excluding carboxylic acids is 1. The number of nitrogens with zero attached hydrogens (tertiary/aromatic N) is 1. The van der Waals surface area contributed by atoms with E-state index in [1.165, 1.54) is 0 Å². The van der Waals surface area contributed by atoms with E-state index in [1.807, 2.05) is 14.1 Å². The fraction of sp³-hybridized carbons (Fsp3) is 0.300. The van der Waals surface area contributed by atoms with Gasteiger partial charge in [0.05, 0.1) is 6.04 Å². The maximum absolute atomic E-state index is 10.9. The minimum atomic E-state index is -0.320. The largest absolute Gasteiger partial charge is 0.301 e. The van der Waals surface area contributed by atoms with Crippen molar-refractivity contribution in [3.05, 3.63) is 33.8 Å². The molecule has 1 atom stereocenters. The van der Waals surface area contributed by atoms with Gasteiger partial charge in [-0.1, -0.05) is 29.3 Å². The second-order valence-corrected chi connectivity index (χ2v) is 4.05. The van der Waals surface area contributed by atoms with Crippen LogP contribution in [0.1, 0.15) is 11.6 Å². The molecular weight excluding hydrogens is 221 g/mol. The van der Waals surface area contributed by atoms with Crippen molar-refractivity contribution in [1.82, 2.24) is 4.90 Å². The van der Waals surface area contributed by atoms with Crippen LogP contribution in [-0.2, 0) is 4.79 Å². The summed E-state index contributed by atoms with van der Waals surface area (Å²) in [5.74, 6) is 0. The predicted octanol–water partition coefficient (Wildman–Crippen LogP) is 2.80. The van der Waals surface area contributed by atoms with E-state index in [1.54, 1.807) is 23.1 Å². The van der Waals surface area contributed by atoms with Gasteiger partial charge in [0.2, 0.25) is 0 Å². The number of hydrogen-bond acceptors (Lipinski definition) is 2. The minimum Gasteiger partial charge on any atom is -0.301 e. The Morgan fingerprint density at radius 1 is 1.36 bits per heavy atom. The predicted molar refractivity (Wildman–Crippen MR) is 59.0 cm³/mol. The molecule has 1 aromatic rings. The lowest BCUT2D eigenvalue weighted by Gasteiger charge is -2.19. The van der Waals surface area contributed by atoms with Crippen LogP contribution in [-0.4, -0.2) is 25.3 Å². The summed E-state index contributed by atoms with van der Waals surface area (Å²) < 4.78 is 0. The van der Waals surface area contributed by atoms with Crippen LogP contribution < -0.4 is 0 Å². The molecule has 2 nitrogen and oxygen atoms in total. The summed E-state index contributed by atoms with van der Waals surface area (Å²) in [6.45, 7) is 0. The van der Waals surface area contributed by atoms with Crippen LogP contribution >= 0.6 is 23.2 Å². The number of hydrogen-bond donors (Lipinski definition) is 0. The monoisotopic (exact) mass is 231 g/mol. The summed E-state index contributed by atoms with van der Waals surface area (Å²) in [5, 5.41) is 1.09. The average Bonchev–Trinajstić information content (AvgIpc) is 2.09. The van der Waals surface area contributed by atoms with E-state index in [-0.39, 0.29) is 6.04 Å². The van der Waals surface area contributed by atoms with Gasteiger partial charge in [-0.2, -0.15) is 0 Å². The number of benzene rings is 1. The van der Waals surface area contributed by atoms with Gasteiger partial charge in [0, 0.05) is 10.0 Å². The topological polar surface area (TPSA) is 20.3 Å². The van der Waals surface area contributed by atoms with E-state index in [0.29, 0.717) is 10.0 Å². The quantitative estimate of drug-likeness (QED) is 0.747. The van der Waals surface area contributed by atoms with Crippen LogP contribution in [0, 0.1) is 0 Å². The molecule has 1 rings (SSSR count). The van der Waals surface area contributed by atoms with Crippen molar-refractivity contribution in [2.24, 2.45) is 0 Å². The summed E-state index contributed by atoms with van der Waals surface area (Å²) in [7, 11) is 3.65. The van der Waals surface area contributed by atoms with Gasteiger partial charge in [-0.25, -0.2) is 0 Å².